The number of hydrogen-bond acceptors (Lipinski definition) is 3. The number of nitrogens with zero attached hydrogens (tertiary/aromatic N) is 1. The summed E-state index contributed by atoms with van der Waals surface area (Å²) in [4.78, 5) is 0. The van der Waals surface area contributed by atoms with Crippen molar-refractivity contribution in [1.29, 1.82) is 0 Å². The van der Waals surface area contributed by atoms with Gasteiger partial charge >= 0.3 is 0 Å². The van der Waals surface area contributed by atoms with E-state index in [0.29, 0.717) is 16.9 Å². The second-order valence-corrected chi connectivity index (χ2v) is 3.42. The molecule has 0 aliphatic heterocycles. The fourth-order valence-electron chi connectivity index (χ4n) is 0.814. The topological polar surface area (TPSA) is 49.6 Å². The van der Waals surface area contributed by atoms with Gasteiger partial charge in [-0.05, 0) is 38.2 Å². The van der Waals surface area contributed by atoms with Crippen LogP contribution in [0.3, 0.4) is 0 Å². The lowest BCUT2D eigenvalue weighted by Gasteiger charge is -2.08. The molecule has 1 rings (SSSR count). The van der Waals surface area contributed by atoms with E-state index in [1.165, 1.54) is 0 Å². The molecule has 0 spiro atoms. The van der Waals surface area contributed by atoms with Crippen molar-refractivity contribution in [3.8, 4) is 0 Å². The van der Waals surface area contributed by atoms with Crippen LogP contribution in [0.1, 0.15) is 19.6 Å². The van der Waals surface area contributed by atoms with Crippen molar-refractivity contribution in [1.82, 2.24) is 10.7 Å². The summed E-state index contributed by atoms with van der Waals surface area (Å²) in [5.41, 5.74) is 2.68. The zero-order valence-electron chi connectivity index (χ0n) is 8.15. The predicted octanol–water partition coefficient (Wildman–Crippen LogP) is 1.49. The minimum absolute atomic E-state index is 0.300. The fraction of sp³-hybridized carbons (Fsp3) is 0.333. The highest BCUT2D eigenvalue weighted by Crippen LogP contribution is 1.94. The number of hydrogen-bond donors (Lipinski definition) is 2. The van der Waals surface area contributed by atoms with E-state index in [0.717, 1.165) is 0 Å². The smallest absolute Gasteiger partial charge is 0.187 e. The first kappa shape index (κ1) is 10.7. The number of furan rings is 1. The molecule has 0 saturated carbocycles. The summed E-state index contributed by atoms with van der Waals surface area (Å²) in [7, 11) is 0. The lowest BCUT2D eigenvalue weighted by atomic mass is 10.4. The van der Waals surface area contributed by atoms with E-state index in [1.807, 2.05) is 19.9 Å². The van der Waals surface area contributed by atoms with Gasteiger partial charge in [-0.25, -0.2) is 0 Å². The van der Waals surface area contributed by atoms with Gasteiger partial charge in [-0.1, -0.05) is 0 Å². The van der Waals surface area contributed by atoms with Gasteiger partial charge in [0, 0.05) is 6.04 Å². The van der Waals surface area contributed by atoms with Gasteiger partial charge in [-0.3, -0.25) is 5.43 Å². The molecule has 5 heteroatoms. The fourth-order valence-corrected chi connectivity index (χ4v) is 1.10. The largest absolute Gasteiger partial charge is 0.463 e. The number of rotatable bonds is 3. The van der Waals surface area contributed by atoms with Crippen molar-refractivity contribution < 1.29 is 4.42 Å². The highest BCUT2D eigenvalue weighted by atomic mass is 32.1. The highest BCUT2D eigenvalue weighted by Gasteiger charge is 1.95. The average molecular weight is 211 g/mol. The van der Waals surface area contributed by atoms with Gasteiger partial charge in [0.1, 0.15) is 5.76 Å². The summed E-state index contributed by atoms with van der Waals surface area (Å²) in [6.45, 7) is 4.01. The van der Waals surface area contributed by atoms with Crippen molar-refractivity contribution in [3.63, 3.8) is 0 Å². The second kappa shape index (κ2) is 5.39. The Morgan fingerprint density at radius 3 is 3.00 bits per heavy atom. The van der Waals surface area contributed by atoms with E-state index >= 15 is 0 Å². The number of nitrogens with one attached hydrogen (secondary N) is 2. The SMILES string of the molecule is CC(C)NC(=S)NN=Cc1ccco1. The first-order chi connectivity index (χ1) is 6.68. The quantitative estimate of drug-likeness (QED) is 0.452. The van der Waals surface area contributed by atoms with Gasteiger partial charge in [-0.15, -0.1) is 0 Å². The Labute approximate surface area is 88.4 Å². The minimum Gasteiger partial charge on any atom is -0.463 e. The van der Waals surface area contributed by atoms with Gasteiger partial charge < -0.3 is 9.73 Å². The molecule has 0 unspecified atom stereocenters. The van der Waals surface area contributed by atoms with Crippen LogP contribution in [0.25, 0.3) is 0 Å². The molecule has 0 atom stereocenters. The summed E-state index contributed by atoms with van der Waals surface area (Å²) in [6.07, 6.45) is 3.15. The second-order valence-electron chi connectivity index (χ2n) is 3.01. The Morgan fingerprint density at radius 1 is 1.64 bits per heavy atom. The molecule has 0 aliphatic rings. The lowest BCUT2D eigenvalue weighted by molar-refractivity contribution is 0.559. The standard InChI is InChI=1S/C9H13N3OS/c1-7(2)11-9(14)12-10-6-8-4-3-5-13-8/h3-7H,1-2H3,(H2,11,12,14). The Kier molecular flexibility index (Phi) is 4.12. The molecule has 0 radical (unpaired) electrons. The molecular formula is C9H13N3OS. The van der Waals surface area contributed by atoms with Crippen LogP contribution in [0.2, 0.25) is 0 Å². The molecule has 0 aromatic carbocycles. The third-order valence-electron chi connectivity index (χ3n) is 1.32. The third kappa shape index (κ3) is 4.04. The molecule has 14 heavy (non-hydrogen) atoms. The minimum atomic E-state index is 0.300. The molecule has 0 bridgehead atoms. The van der Waals surface area contributed by atoms with Crippen LogP contribution in [0.4, 0.5) is 0 Å². The summed E-state index contributed by atoms with van der Waals surface area (Å²) in [5, 5.41) is 7.40. The van der Waals surface area contributed by atoms with Gasteiger partial charge in [0.2, 0.25) is 0 Å². The van der Waals surface area contributed by atoms with Crippen LogP contribution < -0.4 is 10.7 Å². The molecule has 0 amide bonds. The van der Waals surface area contributed by atoms with E-state index in [9.17, 15) is 0 Å². The van der Waals surface area contributed by atoms with E-state index in [-0.39, 0.29) is 0 Å². The van der Waals surface area contributed by atoms with Crippen LogP contribution in [0.15, 0.2) is 27.9 Å². The molecule has 76 valence electrons. The normalized spacial score (nSPS) is 10.8. The third-order valence-corrected chi connectivity index (χ3v) is 1.53. The van der Waals surface area contributed by atoms with Gasteiger partial charge in [0.25, 0.3) is 0 Å². The summed E-state index contributed by atoms with van der Waals surface area (Å²) >= 11 is 4.96. The zero-order valence-corrected chi connectivity index (χ0v) is 8.97. The first-order valence-electron chi connectivity index (χ1n) is 4.31. The molecule has 2 N–H and O–H groups in total. The molecule has 1 aromatic heterocycles. The zero-order chi connectivity index (χ0) is 10.4. The highest BCUT2D eigenvalue weighted by molar-refractivity contribution is 7.80. The Hall–Kier alpha value is -1.36. The van der Waals surface area contributed by atoms with E-state index in [1.54, 1.807) is 18.5 Å². The monoisotopic (exact) mass is 211 g/mol. The van der Waals surface area contributed by atoms with Gasteiger partial charge in [-0.2, -0.15) is 5.10 Å². The van der Waals surface area contributed by atoms with Gasteiger partial charge in [0.15, 0.2) is 5.11 Å². The van der Waals surface area contributed by atoms with Crippen LogP contribution in [-0.2, 0) is 0 Å². The lowest BCUT2D eigenvalue weighted by Crippen LogP contribution is -2.36. The maximum absolute atomic E-state index is 5.04. The van der Waals surface area contributed by atoms with Crippen LogP contribution >= 0.6 is 12.2 Å². The van der Waals surface area contributed by atoms with Crippen LogP contribution in [0.5, 0.6) is 0 Å². The molecule has 0 fully saturated rings. The van der Waals surface area contributed by atoms with E-state index < -0.39 is 0 Å². The summed E-state index contributed by atoms with van der Waals surface area (Å²) in [5.74, 6) is 0.685. The Balaban J connectivity index is 2.30. The van der Waals surface area contributed by atoms with Crippen molar-refractivity contribution in [2.24, 2.45) is 5.10 Å². The number of hydrazone groups is 1. The predicted molar refractivity (Wildman–Crippen MR) is 60.3 cm³/mol. The summed E-state index contributed by atoms with van der Waals surface area (Å²) in [6, 6.07) is 3.91. The molecular weight excluding hydrogens is 198 g/mol. The Bertz CT molecular complexity index is 306. The van der Waals surface area contributed by atoms with Crippen molar-refractivity contribution in [2.75, 3.05) is 0 Å². The molecule has 1 aromatic rings. The maximum Gasteiger partial charge on any atom is 0.187 e. The Morgan fingerprint density at radius 2 is 2.43 bits per heavy atom. The van der Waals surface area contributed by atoms with Gasteiger partial charge in [0.05, 0.1) is 12.5 Å². The molecule has 1 heterocycles. The van der Waals surface area contributed by atoms with E-state index in [2.05, 4.69) is 15.8 Å². The summed E-state index contributed by atoms with van der Waals surface area (Å²) < 4.78 is 5.04. The average Bonchev–Trinajstić information content (AvgIpc) is 2.55. The molecule has 0 aliphatic carbocycles. The van der Waals surface area contributed by atoms with Crippen LogP contribution in [-0.4, -0.2) is 17.4 Å². The van der Waals surface area contributed by atoms with Crippen LogP contribution in [0, 0.1) is 0 Å². The molecule has 4 nitrogen and oxygen atoms in total. The molecule has 0 saturated heterocycles. The number of thiocarbonyl (C=S) groups is 1. The van der Waals surface area contributed by atoms with Crippen molar-refractivity contribution in [3.05, 3.63) is 24.2 Å². The van der Waals surface area contributed by atoms with Crippen molar-refractivity contribution >= 4 is 23.5 Å². The van der Waals surface area contributed by atoms with E-state index in [4.69, 9.17) is 16.6 Å². The first-order valence-corrected chi connectivity index (χ1v) is 4.72. The maximum atomic E-state index is 5.04. The van der Waals surface area contributed by atoms with Crippen molar-refractivity contribution in [2.45, 2.75) is 19.9 Å².